The van der Waals surface area contributed by atoms with Crippen molar-refractivity contribution in [3.8, 4) is 11.4 Å². The molecule has 0 bridgehead atoms. The number of rotatable bonds is 5. The molecule has 0 aliphatic carbocycles. The lowest BCUT2D eigenvalue weighted by molar-refractivity contribution is 0.0474. The highest BCUT2D eigenvalue weighted by Crippen LogP contribution is 2.22. The molecule has 27 heavy (non-hydrogen) atoms. The minimum Gasteiger partial charge on any atom is -0.391 e. The molecule has 0 saturated carbocycles. The second kappa shape index (κ2) is 7.89. The van der Waals surface area contributed by atoms with Gasteiger partial charge in [-0.15, -0.1) is 0 Å². The first-order valence-electron chi connectivity index (χ1n) is 8.86. The van der Waals surface area contributed by atoms with E-state index in [0.29, 0.717) is 42.6 Å². The summed E-state index contributed by atoms with van der Waals surface area (Å²) in [5.74, 6) is 0.924. The molecule has 1 aliphatic heterocycles. The van der Waals surface area contributed by atoms with Gasteiger partial charge in [0.25, 0.3) is 5.91 Å². The molecule has 1 saturated heterocycles. The van der Waals surface area contributed by atoms with Gasteiger partial charge >= 0.3 is 0 Å². The van der Waals surface area contributed by atoms with Gasteiger partial charge in [0.05, 0.1) is 18.2 Å². The molecule has 0 radical (unpaired) electrons. The summed E-state index contributed by atoms with van der Waals surface area (Å²) in [5.41, 5.74) is 2.20. The van der Waals surface area contributed by atoms with Crippen LogP contribution in [0.4, 0.5) is 5.69 Å². The lowest BCUT2D eigenvalue weighted by Gasteiger charge is -2.30. The average Bonchev–Trinajstić information content (AvgIpc) is 3.37. The zero-order chi connectivity index (χ0) is 18.6. The summed E-state index contributed by atoms with van der Waals surface area (Å²) in [6, 6.07) is 9.28. The zero-order valence-electron chi connectivity index (χ0n) is 14.7. The maximum absolute atomic E-state index is 12.9. The number of aromatic nitrogens is 2. The zero-order valence-corrected chi connectivity index (χ0v) is 15.5. The van der Waals surface area contributed by atoms with Gasteiger partial charge in [-0.2, -0.15) is 16.3 Å². The molecule has 140 valence electrons. The average molecular weight is 384 g/mol. The normalized spacial score (nSPS) is 17.1. The molecule has 8 heteroatoms. The number of anilines is 1. The number of nitrogens with zero attached hydrogens (tertiary/aromatic N) is 3. The Hall–Kier alpha value is -2.71. The number of thiophene rings is 1. The van der Waals surface area contributed by atoms with E-state index in [4.69, 9.17) is 4.52 Å². The number of nitrogens with one attached hydrogen (secondary N) is 1. The SMILES string of the molecule is O=C(c1ccccc1NCc1nc(-c2ccsc2)no1)N1CCCC(O)C1. The van der Waals surface area contributed by atoms with E-state index >= 15 is 0 Å². The van der Waals surface area contributed by atoms with E-state index in [1.165, 1.54) is 0 Å². The number of para-hydroxylation sites is 1. The number of β-amino-alcohol motifs (C(OH)–C–C–N with tert-alkyl or cyclic N) is 1. The monoisotopic (exact) mass is 384 g/mol. The summed E-state index contributed by atoms with van der Waals surface area (Å²) >= 11 is 1.58. The van der Waals surface area contributed by atoms with Crippen molar-refractivity contribution < 1.29 is 14.4 Å². The smallest absolute Gasteiger partial charge is 0.256 e. The van der Waals surface area contributed by atoms with Crippen LogP contribution in [-0.4, -0.2) is 45.2 Å². The van der Waals surface area contributed by atoms with Gasteiger partial charge in [-0.05, 0) is 36.4 Å². The molecule has 3 heterocycles. The van der Waals surface area contributed by atoms with Gasteiger partial charge in [0.1, 0.15) is 0 Å². The number of aliphatic hydroxyl groups is 1. The molecule has 1 unspecified atom stereocenters. The quantitative estimate of drug-likeness (QED) is 0.703. The number of amides is 1. The molecule has 7 nitrogen and oxygen atoms in total. The molecule has 1 aromatic carbocycles. The van der Waals surface area contributed by atoms with Crippen LogP contribution < -0.4 is 5.32 Å². The van der Waals surface area contributed by atoms with E-state index < -0.39 is 6.10 Å². The first-order chi connectivity index (χ1) is 13.2. The van der Waals surface area contributed by atoms with Crippen molar-refractivity contribution >= 4 is 22.9 Å². The highest BCUT2D eigenvalue weighted by atomic mass is 32.1. The highest BCUT2D eigenvalue weighted by molar-refractivity contribution is 7.08. The minimum absolute atomic E-state index is 0.0821. The van der Waals surface area contributed by atoms with Crippen LogP contribution in [0.25, 0.3) is 11.4 Å². The van der Waals surface area contributed by atoms with E-state index in [9.17, 15) is 9.90 Å². The molecule has 0 spiro atoms. The minimum atomic E-state index is -0.447. The Bertz CT molecular complexity index is 909. The maximum Gasteiger partial charge on any atom is 0.256 e. The molecular weight excluding hydrogens is 364 g/mol. The number of carbonyl (C=O) groups is 1. The lowest BCUT2D eigenvalue weighted by Crippen LogP contribution is -2.42. The van der Waals surface area contributed by atoms with Gasteiger partial charge in [0, 0.05) is 29.7 Å². The van der Waals surface area contributed by atoms with Crippen LogP contribution in [0.2, 0.25) is 0 Å². The van der Waals surface area contributed by atoms with E-state index in [2.05, 4.69) is 15.5 Å². The van der Waals surface area contributed by atoms with Crippen LogP contribution in [-0.2, 0) is 6.54 Å². The van der Waals surface area contributed by atoms with Crippen LogP contribution in [0.1, 0.15) is 29.1 Å². The van der Waals surface area contributed by atoms with Gasteiger partial charge in [-0.1, -0.05) is 17.3 Å². The summed E-state index contributed by atoms with van der Waals surface area (Å²) in [6.45, 7) is 1.36. The Morgan fingerprint density at radius 2 is 2.26 bits per heavy atom. The molecule has 1 atom stereocenters. The van der Waals surface area contributed by atoms with Crippen LogP contribution in [0.5, 0.6) is 0 Å². The van der Waals surface area contributed by atoms with Gasteiger partial charge in [0.2, 0.25) is 11.7 Å². The van der Waals surface area contributed by atoms with Gasteiger partial charge < -0.3 is 19.8 Å². The Morgan fingerprint density at radius 1 is 1.37 bits per heavy atom. The molecule has 2 aromatic heterocycles. The summed E-state index contributed by atoms with van der Waals surface area (Å²) < 4.78 is 5.29. The Morgan fingerprint density at radius 3 is 3.07 bits per heavy atom. The fourth-order valence-electron chi connectivity index (χ4n) is 3.14. The van der Waals surface area contributed by atoms with Gasteiger partial charge in [-0.3, -0.25) is 4.79 Å². The van der Waals surface area contributed by atoms with Crippen molar-refractivity contribution in [2.24, 2.45) is 0 Å². The highest BCUT2D eigenvalue weighted by Gasteiger charge is 2.24. The Balaban J connectivity index is 1.46. The number of hydrogen-bond acceptors (Lipinski definition) is 7. The molecule has 1 fully saturated rings. The van der Waals surface area contributed by atoms with Crippen LogP contribution in [0.15, 0.2) is 45.6 Å². The third-order valence-corrected chi connectivity index (χ3v) is 5.20. The van der Waals surface area contributed by atoms with Crippen molar-refractivity contribution in [2.45, 2.75) is 25.5 Å². The van der Waals surface area contributed by atoms with E-state index in [1.54, 1.807) is 22.3 Å². The summed E-state index contributed by atoms with van der Waals surface area (Å²) in [5, 5.41) is 21.0. The summed E-state index contributed by atoms with van der Waals surface area (Å²) in [7, 11) is 0. The number of carbonyl (C=O) groups excluding carboxylic acids is 1. The first-order valence-corrected chi connectivity index (χ1v) is 9.80. The van der Waals surface area contributed by atoms with Gasteiger partial charge in [-0.25, -0.2) is 0 Å². The van der Waals surface area contributed by atoms with Crippen molar-refractivity contribution in [3.05, 3.63) is 52.5 Å². The van der Waals surface area contributed by atoms with E-state index in [-0.39, 0.29) is 5.91 Å². The third kappa shape index (κ3) is 4.01. The molecule has 2 N–H and O–H groups in total. The maximum atomic E-state index is 12.9. The fourth-order valence-corrected chi connectivity index (χ4v) is 3.77. The number of benzene rings is 1. The molecule has 3 aromatic rings. The van der Waals surface area contributed by atoms with Crippen LogP contribution >= 0.6 is 11.3 Å². The predicted molar refractivity (Wildman–Crippen MR) is 103 cm³/mol. The molecule has 1 amide bonds. The Labute approximate surface area is 160 Å². The van der Waals surface area contributed by atoms with Crippen molar-refractivity contribution in [3.63, 3.8) is 0 Å². The Kier molecular flexibility index (Phi) is 5.17. The fraction of sp³-hybridized carbons (Fsp3) is 0.316. The van der Waals surface area contributed by atoms with E-state index in [1.807, 2.05) is 35.0 Å². The van der Waals surface area contributed by atoms with Crippen molar-refractivity contribution in [2.75, 3.05) is 18.4 Å². The predicted octanol–water partition coefficient (Wildman–Crippen LogP) is 3.01. The van der Waals surface area contributed by atoms with E-state index in [0.717, 1.165) is 18.4 Å². The van der Waals surface area contributed by atoms with Gasteiger partial charge in [0.15, 0.2) is 0 Å². The number of piperidine rings is 1. The van der Waals surface area contributed by atoms with Crippen molar-refractivity contribution in [1.29, 1.82) is 0 Å². The number of aliphatic hydroxyl groups excluding tert-OH is 1. The summed E-state index contributed by atoms with van der Waals surface area (Å²) in [4.78, 5) is 18.9. The molecule has 1 aliphatic rings. The lowest BCUT2D eigenvalue weighted by atomic mass is 10.1. The van der Waals surface area contributed by atoms with Crippen LogP contribution in [0, 0.1) is 0 Å². The topological polar surface area (TPSA) is 91.5 Å². The number of hydrogen-bond donors (Lipinski definition) is 2. The third-order valence-electron chi connectivity index (χ3n) is 4.52. The van der Waals surface area contributed by atoms with Crippen LogP contribution in [0.3, 0.4) is 0 Å². The number of likely N-dealkylation sites (tertiary alicyclic amines) is 1. The molecule has 4 rings (SSSR count). The molecular formula is C19H20N4O3S. The largest absolute Gasteiger partial charge is 0.391 e. The summed E-state index contributed by atoms with van der Waals surface area (Å²) in [6.07, 6.45) is 1.11. The standard InChI is InChI=1S/C19H20N4O3S/c24-14-4-3-8-23(11-14)19(25)15-5-1-2-6-16(15)20-10-17-21-18(22-26-17)13-7-9-27-12-13/h1-2,5-7,9,12,14,20,24H,3-4,8,10-11H2. The second-order valence-electron chi connectivity index (χ2n) is 6.47. The second-order valence-corrected chi connectivity index (χ2v) is 7.25. The first kappa shape index (κ1) is 17.7. The van der Waals surface area contributed by atoms with Crippen molar-refractivity contribution in [1.82, 2.24) is 15.0 Å².